The molecule has 0 aliphatic heterocycles. The zero-order valence-electron chi connectivity index (χ0n) is 12.2. The van der Waals surface area contributed by atoms with Crippen molar-refractivity contribution in [2.24, 2.45) is 5.92 Å². The number of hydrogen-bond acceptors (Lipinski definition) is 5. The Labute approximate surface area is 124 Å². The standard InChI is InChI=1S/C13H19FN2O4S/c1-10(2)9-16(8-6-12(17)20-3)21(18,19)13-11(14)5-4-7-15-13/h4-5,7,10H,6,8-9H2,1-3H3. The summed E-state index contributed by atoms with van der Waals surface area (Å²) in [6, 6.07) is 2.35. The van der Waals surface area contributed by atoms with E-state index >= 15 is 0 Å². The van der Waals surface area contributed by atoms with E-state index in [9.17, 15) is 17.6 Å². The smallest absolute Gasteiger partial charge is 0.306 e. The molecule has 0 bridgehead atoms. The number of halogens is 1. The minimum Gasteiger partial charge on any atom is -0.469 e. The number of carbonyl (C=O) groups excluding carboxylic acids is 1. The van der Waals surface area contributed by atoms with Gasteiger partial charge in [-0.2, -0.15) is 4.31 Å². The summed E-state index contributed by atoms with van der Waals surface area (Å²) >= 11 is 0. The lowest BCUT2D eigenvalue weighted by atomic mass is 10.2. The highest BCUT2D eigenvalue weighted by Crippen LogP contribution is 2.18. The molecule has 0 atom stereocenters. The Bertz CT molecular complexity index is 590. The van der Waals surface area contributed by atoms with E-state index in [1.165, 1.54) is 19.4 Å². The lowest BCUT2D eigenvalue weighted by molar-refractivity contribution is -0.140. The van der Waals surface area contributed by atoms with Crippen LogP contribution in [0, 0.1) is 11.7 Å². The third-order valence-corrected chi connectivity index (χ3v) is 4.47. The molecule has 0 saturated heterocycles. The van der Waals surface area contributed by atoms with Gasteiger partial charge in [0.15, 0.2) is 5.82 Å². The van der Waals surface area contributed by atoms with Gasteiger partial charge >= 0.3 is 5.97 Å². The number of sulfonamides is 1. The molecule has 0 fully saturated rings. The molecule has 0 spiro atoms. The Morgan fingerprint density at radius 1 is 1.48 bits per heavy atom. The molecule has 0 saturated carbocycles. The summed E-state index contributed by atoms with van der Waals surface area (Å²) in [6.07, 6.45) is 1.11. The highest BCUT2D eigenvalue weighted by molar-refractivity contribution is 7.89. The Balaban J connectivity index is 3.06. The average Bonchev–Trinajstić information content (AvgIpc) is 2.42. The van der Waals surface area contributed by atoms with Crippen molar-refractivity contribution >= 4 is 16.0 Å². The van der Waals surface area contributed by atoms with Crippen LogP contribution in [0.5, 0.6) is 0 Å². The summed E-state index contributed by atoms with van der Waals surface area (Å²) in [5, 5.41) is -0.629. The zero-order valence-corrected chi connectivity index (χ0v) is 13.1. The largest absolute Gasteiger partial charge is 0.469 e. The molecule has 8 heteroatoms. The number of rotatable bonds is 7. The van der Waals surface area contributed by atoms with E-state index < -0.39 is 26.8 Å². The van der Waals surface area contributed by atoms with E-state index in [-0.39, 0.29) is 25.4 Å². The fourth-order valence-electron chi connectivity index (χ4n) is 1.72. The van der Waals surface area contributed by atoms with Crippen LogP contribution in [-0.4, -0.2) is 43.9 Å². The van der Waals surface area contributed by atoms with Crippen molar-refractivity contribution in [3.8, 4) is 0 Å². The lowest BCUT2D eigenvalue weighted by Gasteiger charge is -2.23. The number of ether oxygens (including phenoxy) is 1. The van der Waals surface area contributed by atoms with Crippen LogP contribution in [0.3, 0.4) is 0 Å². The predicted molar refractivity (Wildman–Crippen MR) is 74.4 cm³/mol. The molecule has 1 rings (SSSR count). The van der Waals surface area contributed by atoms with E-state index in [1.54, 1.807) is 0 Å². The molecular formula is C13H19FN2O4S. The van der Waals surface area contributed by atoms with Gasteiger partial charge in [0.2, 0.25) is 5.03 Å². The van der Waals surface area contributed by atoms with Crippen molar-refractivity contribution in [2.75, 3.05) is 20.2 Å². The zero-order chi connectivity index (χ0) is 16.0. The summed E-state index contributed by atoms with van der Waals surface area (Å²) in [4.78, 5) is 14.8. The molecule has 0 unspecified atom stereocenters. The van der Waals surface area contributed by atoms with Crippen molar-refractivity contribution in [1.29, 1.82) is 0 Å². The molecule has 21 heavy (non-hydrogen) atoms. The van der Waals surface area contributed by atoms with Gasteiger partial charge < -0.3 is 4.74 Å². The molecule has 1 heterocycles. The summed E-state index contributed by atoms with van der Waals surface area (Å²) in [7, 11) is -2.87. The van der Waals surface area contributed by atoms with Crippen LogP contribution in [0.2, 0.25) is 0 Å². The molecule has 118 valence electrons. The molecule has 0 N–H and O–H groups in total. The fourth-order valence-corrected chi connectivity index (χ4v) is 3.30. The topological polar surface area (TPSA) is 76.6 Å². The molecular weight excluding hydrogens is 299 g/mol. The van der Waals surface area contributed by atoms with Gasteiger partial charge in [0.05, 0.1) is 13.5 Å². The second kappa shape index (κ2) is 7.46. The maximum atomic E-state index is 13.7. The molecule has 6 nitrogen and oxygen atoms in total. The first-order valence-electron chi connectivity index (χ1n) is 6.46. The maximum absolute atomic E-state index is 13.7. The summed E-state index contributed by atoms with van der Waals surface area (Å²) in [5.74, 6) is -1.42. The number of pyridine rings is 1. The van der Waals surface area contributed by atoms with Crippen LogP contribution in [0.1, 0.15) is 20.3 Å². The molecule has 0 radical (unpaired) electrons. The SMILES string of the molecule is COC(=O)CCN(CC(C)C)S(=O)(=O)c1ncccc1F. The van der Waals surface area contributed by atoms with Crippen LogP contribution < -0.4 is 0 Å². The second-order valence-corrected chi connectivity index (χ2v) is 6.73. The van der Waals surface area contributed by atoms with Crippen molar-refractivity contribution in [1.82, 2.24) is 9.29 Å². The summed E-state index contributed by atoms with van der Waals surface area (Å²) < 4.78 is 44.2. The van der Waals surface area contributed by atoms with E-state index in [2.05, 4.69) is 9.72 Å². The van der Waals surface area contributed by atoms with E-state index in [4.69, 9.17) is 0 Å². The van der Waals surface area contributed by atoms with Crippen LogP contribution >= 0.6 is 0 Å². The minimum atomic E-state index is -4.09. The highest BCUT2D eigenvalue weighted by atomic mass is 32.2. The Morgan fingerprint density at radius 3 is 2.67 bits per heavy atom. The van der Waals surface area contributed by atoms with E-state index in [0.717, 1.165) is 10.4 Å². The van der Waals surface area contributed by atoms with Gasteiger partial charge in [0.1, 0.15) is 0 Å². The first kappa shape index (κ1) is 17.5. The fraction of sp³-hybridized carbons (Fsp3) is 0.538. The predicted octanol–water partition coefficient (Wildman–Crippen LogP) is 1.43. The maximum Gasteiger partial charge on any atom is 0.306 e. The molecule has 0 aromatic carbocycles. The summed E-state index contributed by atoms with van der Waals surface area (Å²) in [6.45, 7) is 3.74. The molecule has 0 aliphatic rings. The molecule has 0 amide bonds. The lowest BCUT2D eigenvalue weighted by Crippen LogP contribution is -2.37. The van der Waals surface area contributed by atoms with Gasteiger partial charge in [-0.25, -0.2) is 17.8 Å². The van der Waals surface area contributed by atoms with Crippen molar-refractivity contribution in [3.05, 3.63) is 24.1 Å². The van der Waals surface area contributed by atoms with Gasteiger partial charge in [-0.3, -0.25) is 4.79 Å². The van der Waals surface area contributed by atoms with Crippen molar-refractivity contribution in [2.45, 2.75) is 25.3 Å². The van der Waals surface area contributed by atoms with Gasteiger partial charge in [-0.1, -0.05) is 13.8 Å². The molecule has 1 aromatic rings. The number of aromatic nitrogens is 1. The highest BCUT2D eigenvalue weighted by Gasteiger charge is 2.29. The first-order chi connectivity index (χ1) is 9.78. The molecule has 1 aromatic heterocycles. The number of carbonyl (C=O) groups is 1. The third kappa shape index (κ3) is 4.75. The van der Waals surface area contributed by atoms with E-state index in [0.29, 0.717) is 0 Å². The summed E-state index contributed by atoms with van der Waals surface area (Å²) in [5.41, 5.74) is 0. The number of nitrogens with zero attached hydrogens (tertiary/aromatic N) is 2. The number of esters is 1. The third-order valence-electron chi connectivity index (χ3n) is 2.67. The van der Waals surface area contributed by atoms with Gasteiger partial charge in [0, 0.05) is 19.3 Å². The van der Waals surface area contributed by atoms with Crippen LogP contribution in [0.25, 0.3) is 0 Å². The van der Waals surface area contributed by atoms with Gasteiger partial charge in [-0.15, -0.1) is 0 Å². The minimum absolute atomic E-state index is 0.0178. The quantitative estimate of drug-likeness (QED) is 0.711. The second-order valence-electron chi connectivity index (χ2n) is 4.87. The van der Waals surface area contributed by atoms with E-state index in [1.807, 2.05) is 13.8 Å². The Hall–Kier alpha value is -1.54. The van der Waals surface area contributed by atoms with Gasteiger partial charge in [0.25, 0.3) is 10.0 Å². The molecule has 0 aliphatic carbocycles. The Kier molecular flexibility index (Phi) is 6.22. The van der Waals surface area contributed by atoms with Crippen LogP contribution in [-0.2, 0) is 19.6 Å². The average molecular weight is 318 g/mol. The monoisotopic (exact) mass is 318 g/mol. The van der Waals surface area contributed by atoms with Crippen molar-refractivity contribution in [3.63, 3.8) is 0 Å². The first-order valence-corrected chi connectivity index (χ1v) is 7.90. The van der Waals surface area contributed by atoms with Crippen LogP contribution in [0.15, 0.2) is 23.4 Å². The number of methoxy groups -OCH3 is 1. The normalized spacial score (nSPS) is 11.9. The van der Waals surface area contributed by atoms with Crippen molar-refractivity contribution < 1.29 is 22.3 Å². The number of hydrogen-bond donors (Lipinski definition) is 0. The van der Waals surface area contributed by atoms with Gasteiger partial charge in [-0.05, 0) is 18.1 Å². The Morgan fingerprint density at radius 2 is 2.14 bits per heavy atom. The van der Waals surface area contributed by atoms with Crippen LogP contribution in [0.4, 0.5) is 4.39 Å².